The van der Waals surface area contributed by atoms with Gasteiger partial charge in [-0.2, -0.15) is 0 Å². The van der Waals surface area contributed by atoms with Gasteiger partial charge in [0.15, 0.2) is 0 Å². The topological polar surface area (TPSA) is 42.0 Å². The van der Waals surface area contributed by atoms with Crippen LogP contribution in [0.15, 0.2) is 60.7 Å². The first kappa shape index (κ1) is 15.5. The van der Waals surface area contributed by atoms with E-state index in [1.807, 2.05) is 54.6 Å². The van der Waals surface area contributed by atoms with E-state index in [0.717, 1.165) is 22.2 Å². The molecule has 1 N–H and O–H groups in total. The van der Waals surface area contributed by atoms with Crippen molar-refractivity contribution in [2.45, 2.75) is 19.4 Å². The van der Waals surface area contributed by atoms with Crippen molar-refractivity contribution >= 4 is 28.4 Å². The maximum absolute atomic E-state index is 11.6. The minimum atomic E-state index is -0.199. The molecule has 1 amide bonds. The lowest BCUT2D eigenvalue weighted by Gasteiger charge is -2.19. The Labute approximate surface area is 140 Å². The Kier molecular flexibility index (Phi) is 4.58. The van der Waals surface area contributed by atoms with Crippen LogP contribution in [0.5, 0.6) is 0 Å². The number of hydrogen-bond donors (Lipinski definition) is 1. The molecule has 1 heterocycles. The molecule has 3 nitrogen and oxygen atoms in total. The molecule has 0 aliphatic heterocycles. The summed E-state index contributed by atoms with van der Waals surface area (Å²) in [7, 11) is 0. The second kappa shape index (κ2) is 6.80. The second-order valence-electron chi connectivity index (χ2n) is 5.47. The van der Waals surface area contributed by atoms with Crippen LogP contribution >= 0.6 is 11.6 Å². The van der Waals surface area contributed by atoms with E-state index in [1.165, 1.54) is 6.92 Å². The van der Waals surface area contributed by atoms with Crippen LogP contribution in [0, 0.1) is 0 Å². The van der Waals surface area contributed by atoms with E-state index in [-0.39, 0.29) is 11.9 Å². The number of carbonyl (C=O) groups is 1. The molecule has 3 aromatic rings. The van der Waals surface area contributed by atoms with Crippen molar-refractivity contribution in [3.8, 4) is 0 Å². The van der Waals surface area contributed by atoms with Crippen molar-refractivity contribution in [1.29, 1.82) is 0 Å². The Morgan fingerprint density at radius 2 is 1.83 bits per heavy atom. The zero-order chi connectivity index (χ0) is 16.2. The SMILES string of the molecule is CC(=O)N[C@H](Cc1ccc2ccccc2n1)c1ccccc1Cl. The minimum absolute atomic E-state index is 0.0873. The van der Waals surface area contributed by atoms with Gasteiger partial charge in [-0.15, -0.1) is 0 Å². The van der Waals surface area contributed by atoms with Gasteiger partial charge in [0.05, 0.1) is 11.6 Å². The number of benzene rings is 2. The molecule has 0 saturated heterocycles. The summed E-state index contributed by atoms with van der Waals surface area (Å²) in [4.78, 5) is 16.2. The third-order valence-electron chi connectivity index (χ3n) is 3.73. The Morgan fingerprint density at radius 1 is 1.09 bits per heavy atom. The van der Waals surface area contributed by atoms with Crippen LogP contribution < -0.4 is 5.32 Å². The van der Waals surface area contributed by atoms with Gasteiger partial charge in [-0.05, 0) is 23.8 Å². The molecule has 2 aromatic carbocycles. The quantitative estimate of drug-likeness (QED) is 0.777. The predicted octanol–water partition coefficient (Wildman–Crippen LogP) is 4.31. The summed E-state index contributed by atoms with van der Waals surface area (Å²) in [5.74, 6) is -0.0873. The highest BCUT2D eigenvalue weighted by atomic mass is 35.5. The maximum atomic E-state index is 11.6. The molecule has 1 aromatic heterocycles. The molecule has 3 rings (SSSR count). The van der Waals surface area contributed by atoms with Crippen LogP contribution in [0.3, 0.4) is 0 Å². The number of nitrogens with one attached hydrogen (secondary N) is 1. The largest absolute Gasteiger partial charge is 0.349 e. The third-order valence-corrected chi connectivity index (χ3v) is 4.07. The van der Waals surface area contributed by atoms with Gasteiger partial charge in [0.25, 0.3) is 0 Å². The lowest BCUT2D eigenvalue weighted by Crippen LogP contribution is -2.28. The normalized spacial score (nSPS) is 12.1. The molecule has 0 bridgehead atoms. The van der Waals surface area contributed by atoms with Gasteiger partial charge in [-0.3, -0.25) is 9.78 Å². The summed E-state index contributed by atoms with van der Waals surface area (Å²) in [5, 5.41) is 4.72. The Morgan fingerprint density at radius 3 is 2.61 bits per heavy atom. The number of rotatable bonds is 4. The zero-order valence-electron chi connectivity index (χ0n) is 12.8. The van der Waals surface area contributed by atoms with Crippen molar-refractivity contribution in [2.75, 3.05) is 0 Å². The molecule has 23 heavy (non-hydrogen) atoms. The summed E-state index contributed by atoms with van der Waals surface area (Å²) < 4.78 is 0. The fourth-order valence-electron chi connectivity index (χ4n) is 2.67. The van der Waals surface area contributed by atoms with Crippen molar-refractivity contribution in [3.63, 3.8) is 0 Å². The molecule has 0 spiro atoms. The van der Waals surface area contributed by atoms with Gasteiger partial charge >= 0.3 is 0 Å². The molecule has 1 atom stereocenters. The summed E-state index contributed by atoms with van der Waals surface area (Å²) >= 11 is 6.29. The van der Waals surface area contributed by atoms with Crippen molar-refractivity contribution in [3.05, 3.63) is 76.9 Å². The van der Waals surface area contributed by atoms with Gasteiger partial charge in [-0.1, -0.05) is 54.1 Å². The van der Waals surface area contributed by atoms with Crippen LogP contribution in [-0.2, 0) is 11.2 Å². The number of amides is 1. The van der Waals surface area contributed by atoms with E-state index < -0.39 is 0 Å². The van der Waals surface area contributed by atoms with Crippen LogP contribution in [0.2, 0.25) is 5.02 Å². The van der Waals surface area contributed by atoms with E-state index in [1.54, 1.807) is 0 Å². The van der Waals surface area contributed by atoms with Crippen molar-refractivity contribution in [1.82, 2.24) is 10.3 Å². The summed E-state index contributed by atoms with van der Waals surface area (Å²) in [6.07, 6.45) is 0.591. The number of aromatic nitrogens is 1. The molecular weight excluding hydrogens is 308 g/mol. The lowest BCUT2D eigenvalue weighted by molar-refractivity contribution is -0.119. The number of fused-ring (bicyclic) bond motifs is 1. The maximum Gasteiger partial charge on any atom is 0.217 e. The van der Waals surface area contributed by atoms with Gasteiger partial charge < -0.3 is 5.32 Å². The standard InChI is InChI=1S/C19H17ClN2O/c1-13(23)21-19(16-7-3-4-8-17(16)20)12-15-11-10-14-6-2-5-9-18(14)22-15/h2-11,19H,12H2,1H3,(H,21,23)/t19-/m1/s1. The third kappa shape index (κ3) is 3.69. The fourth-order valence-corrected chi connectivity index (χ4v) is 2.94. The van der Waals surface area contributed by atoms with Crippen LogP contribution in [0.25, 0.3) is 10.9 Å². The highest BCUT2D eigenvalue weighted by molar-refractivity contribution is 6.31. The summed E-state index contributed by atoms with van der Waals surface area (Å²) in [6, 6.07) is 19.4. The Balaban J connectivity index is 1.93. The monoisotopic (exact) mass is 324 g/mol. The van der Waals surface area contributed by atoms with E-state index in [4.69, 9.17) is 11.6 Å². The van der Waals surface area contributed by atoms with Gasteiger partial charge in [-0.25, -0.2) is 0 Å². The minimum Gasteiger partial charge on any atom is -0.349 e. The predicted molar refractivity (Wildman–Crippen MR) is 93.5 cm³/mol. The first-order chi connectivity index (χ1) is 11.1. The molecule has 0 radical (unpaired) electrons. The fraction of sp³-hybridized carbons (Fsp3) is 0.158. The van der Waals surface area contributed by atoms with E-state index in [0.29, 0.717) is 11.4 Å². The van der Waals surface area contributed by atoms with Gasteiger partial charge in [0.1, 0.15) is 0 Å². The average molecular weight is 325 g/mol. The highest BCUT2D eigenvalue weighted by Crippen LogP contribution is 2.26. The van der Waals surface area contributed by atoms with E-state index in [2.05, 4.69) is 16.4 Å². The lowest BCUT2D eigenvalue weighted by atomic mass is 10.0. The van der Waals surface area contributed by atoms with Crippen LogP contribution in [-0.4, -0.2) is 10.9 Å². The smallest absolute Gasteiger partial charge is 0.217 e. The Bertz CT molecular complexity index is 847. The highest BCUT2D eigenvalue weighted by Gasteiger charge is 2.17. The zero-order valence-corrected chi connectivity index (χ0v) is 13.5. The van der Waals surface area contributed by atoms with Crippen LogP contribution in [0.1, 0.15) is 24.2 Å². The number of para-hydroxylation sites is 1. The number of carbonyl (C=O) groups excluding carboxylic acids is 1. The molecule has 0 saturated carbocycles. The number of halogens is 1. The molecule has 0 aliphatic carbocycles. The first-order valence-electron chi connectivity index (χ1n) is 7.49. The molecule has 4 heteroatoms. The second-order valence-corrected chi connectivity index (χ2v) is 5.88. The first-order valence-corrected chi connectivity index (χ1v) is 7.87. The summed E-state index contributed by atoms with van der Waals surface area (Å²) in [6.45, 7) is 1.51. The van der Waals surface area contributed by atoms with Crippen molar-refractivity contribution < 1.29 is 4.79 Å². The molecule has 116 valence electrons. The molecular formula is C19H17ClN2O. The molecule has 0 unspecified atom stereocenters. The van der Waals surface area contributed by atoms with Crippen molar-refractivity contribution in [2.24, 2.45) is 0 Å². The Hall–Kier alpha value is -2.39. The number of hydrogen-bond acceptors (Lipinski definition) is 2. The van der Waals surface area contributed by atoms with E-state index in [9.17, 15) is 4.79 Å². The van der Waals surface area contributed by atoms with Crippen LogP contribution in [0.4, 0.5) is 0 Å². The van der Waals surface area contributed by atoms with Gasteiger partial charge in [0, 0.05) is 29.4 Å². The molecule has 0 aliphatic rings. The number of nitrogens with zero attached hydrogens (tertiary/aromatic N) is 1. The molecule has 0 fully saturated rings. The van der Waals surface area contributed by atoms with Gasteiger partial charge in [0.2, 0.25) is 5.91 Å². The summed E-state index contributed by atoms with van der Waals surface area (Å²) in [5.41, 5.74) is 2.77. The average Bonchev–Trinajstić information content (AvgIpc) is 2.54. The number of pyridine rings is 1. The van der Waals surface area contributed by atoms with E-state index >= 15 is 0 Å².